The number of halogens is 1. The minimum absolute atomic E-state index is 0.0756. The van der Waals surface area contributed by atoms with Gasteiger partial charge in [0.05, 0.1) is 12.7 Å². The molecule has 0 unspecified atom stereocenters. The summed E-state index contributed by atoms with van der Waals surface area (Å²) in [4.78, 5) is 21.6. The minimum Gasteiger partial charge on any atom is -0.465 e. The van der Waals surface area contributed by atoms with E-state index >= 15 is 0 Å². The molecule has 0 fully saturated rings. The van der Waals surface area contributed by atoms with Crippen molar-refractivity contribution in [2.75, 3.05) is 7.11 Å². The lowest BCUT2D eigenvalue weighted by atomic mass is 10.1. The third-order valence-corrected chi connectivity index (χ3v) is 1.78. The van der Waals surface area contributed by atoms with E-state index in [1.807, 2.05) is 0 Å². The number of nitrogens with two attached hydrogens (primary N) is 1. The Balaban J connectivity index is 3.08. The van der Waals surface area contributed by atoms with E-state index in [0.717, 1.165) is 12.1 Å². The average Bonchev–Trinajstić information content (AvgIpc) is 2.24. The molecule has 0 saturated heterocycles. The number of carbonyl (C=O) groups is 2. The summed E-state index contributed by atoms with van der Waals surface area (Å²) in [5.74, 6) is -1.89. The van der Waals surface area contributed by atoms with Gasteiger partial charge in [0.25, 0.3) is 0 Å². The molecule has 0 spiro atoms. The van der Waals surface area contributed by atoms with E-state index < -0.39 is 17.7 Å². The van der Waals surface area contributed by atoms with Crippen LogP contribution in [0.4, 0.5) is 4.39 Å². The molecule has 1 amide bonds. The first-order chi connectivity index (χ1) is 7.52. The van der Waals surface area contributed by atoms with Crippen molar-refractivity contribution in [3.63, 3.8) is 0 Å². The lowest BCUT2D eigenvalue weighted by Gasteiger charge is -2.01. The summed E-state index contributed by atoms with van der Waals surface area (Å²) in [6.07, 6.45) is 2.40. The Morgan fingerprint density at radius 1 is 1.38 bits per heavy atom. The summed E-state index contributed by atoms with van der Waals surface area (Å²) < 4.78 is 17.5. The summed E-state index contributed by atoms with van der Waals surface area (Å²) in [5, 5.41) is 0. The smallest absolute Gasteiger partial charge is 0.337 e. The summed E-state index contributed by atoms with van der Waals surface area (Å²) in [7, 11) is 1.20. The molecule has 0 aliphatic carbocycles. The summed E-state index contributed by atoms with van der Waals surface area (Å²) >= 11 is 0. The molecule has 0 bridgehead atoms. The van der Waals surface area contributed by atoms with Gasteiger partial charge in [-0.15, -0.1) is 0 Å². The molecule has 0 aliphatic rings. The first kappa shape index (κ1) is 11.9. The maximum atomic E-state index is 13.1. The van der Waals surface area contributed by atoms with Gasteiger partial charge in [-0.2, -0.15) is 0 Å². The molecule has 0 radical (unpaired) electrons. The van der Waals surface area contributed by atoms with Crippen molar-refractivity contribution in [2.45, 2.75) is 0 Å². The van der Waals surface area contributed by atoms with Crippen LogP contribution in [0, 0.1) is 5.82 Å². The van der Waals surface area contributed by atoms with Crippen LogP contribution in [0.5, 0.6) is 0 Å². The first-order valence-corrected chi connectivity index (χ1v) is 4.39. The number of benzene rings is 1. The van der Waals surface area contributed by atoms with Gasteiger partial charge in [0, 0.05) is 6.08 Å². The van der Waals surface area contributed by atoms with Gasteiger partial charge in [-0.25, -0.2) is 9.18 Å². The normalized spacial score (nSPS) is 10.4. The van der Waals surface area contributed by atoms with Crippen LogP contribution in [-0.4, -0.2) is 19.0 Å². The Labute approximate surface area is 91.5 Å². The molecule has 0 aromatic heterocycles. The Kier molecular flexibility index (Phi) is 3.77. The maximum Gasteiger partial charge on any atom is 0.337 e. The lowest BCUT2D eigenvalue weighted by Crippen LogP contribution is -2.05. The third kappa shape index (κ3) is 3.20. The molecule has 1 rings (SSSR count). The van der Waals surface area contributed by atoms with E-state index in [-0.39, 0.29) is 5.56 Å². The van der Waals surface area contributed by atoms with Crippen molar-refractivity contribution in [3.8, 4) is 0 Å². The van der Waals surface area contributed by atoms with E-state index in [1.54, 1.807) is 0 Å². The van der Waals surface area contributed by atoms with Gasteiger partial charge < -0.3 is 10.5 Å². The molecule has 0 heterocycles. The Hall–Kier alpha value is -2.17. The Morgan fingerprint density at radius 2 is 2.06 bits per heavy atom. The van der Waals surface area contributed by atoms with Crippen LogP contribution < -0.4 is 5.73 Å². The number of amides is 1. The van der Waals surface area contributed by atoms with Crippen LogP contribution >= 0.6 is 0 Å². The fourth-order valence-electron chi connectivity index (χ4n) is 1.12. The standard InChI is InChI=1S/C11H10FNO3/c1-16-11(15)8-4-7(2-3-10(13)14)5-9(12)6-8/h2-6H,1H3,(H2,13,14). The van der Waals surface area contributed by atoms with E-state index in [0.29, 0.717) is 5.56 Å². The predicted molar refractivity (Wildman–Crippen MR) is 56.0 cm³/mol. The first-order valence-electron chi connectivity index (χ1n) is 4.39. The third-order valence-electron chi connectivity index (χ3n) is 1.78. The number of hydrogen-bond donors (Lipinski definition) is 1. The van der Waals surface area contributed by atoms with E-state index in [2.05, 4.69) is 4.74 Å². The topological polar surface area (TPSA) is 69.4 Å². The number of carbonyl (C=O) groups excluding carboxylic acids is 2. The van der Waals surface area contributed by atoms with Crippen molar-refractivity contribution in [3.05, 3.63) is 41.2 Å². The van der Waals surface area contributed by atoms with Gasteiger partial charge in [-0.3, -0.25) is 4.79 Å². The predicted octanol–water partition coefficient (Wildman–Crippen LogP) is 1.11. The summed E-state index contributed by atoms with van der Waals surface area (Å²) in [5.41, 5.74) is 5.33. The molecule has 16 heavy (non-hydrogen) atoms. The number of primary amides is 1. The second-order valence-corrected chi connectivity index (χ2v) is 3.00. The highest BCUT2D eigenvalue weighted by molar-refractivity contribution is 5.92. The Morgan fingerprint density at radius 3 is 2.62 bits per heavy atom. The number of esters is 1. The summed E-state index contributed by atoms with van der Waals surface area (Å²) in [6, 6.07) is 3.62. The average molecular weight is 223 g/mol. The fraction of sp³-hybridized carbons (Fsp3) is 0.0909. The number of hydrogen-bond acceptors (Lipinski definition) is 3. The molecule has 5 heteroatoms. The van der Waals surface area contributed by atoms with Gasteiger partial charge >= 0.3 is 5.97 Å². The zero-order valence-electron chi connectivity index (χ0n) is 8.57. The van der Waals surface area contributed by atoms with Crippen molar-refractivity contribution in [1.29, 1.82) is 0 Å². The number of methoxy groups -OCH3 is 1. The molecule has 1 aromatic carbocycles. The van der Waals surface area contributed by atoms with E-state index in [9.17, 15) is 14.0 Å². The molecule has 1 aromatic rings. The van der Waals surface area contributed by atoms with Gasteiger partial charge in [0.1, 0.15) is 5.82 Å². The van der Waals surface area contributed by atoms with Gasteiger partial charge in [-0.1, -0.05) is 0 Å². The number of ether oxygens (including phenoxy) is 1. The molecule has 2 N–H and O–H groups in total. The van der Waals surface area contributed by atoms with Crippen LogP contribution in [0.3, 0.4) is 0 Å². The number of rotatable bonds is 3. The molecule has 0 aliphatic heterocycles. The van der Waals surface area contributed by atoms with Crippen LogP contribution in [-0.2, 0) is 9.53 Å². The highest BCUT2D eigenvalue weighted by Crippen LogP contribution is 2.11. The molecule has 0 saturated carbocycles. The largest absolute Gasteiger partial charge is 0.465 e. The molecular weight excluding hydrogens is 213 g/mol. The van der Waals surface area contributed by atoms with Gasteiger partial charge in [-0.05, 0) is 29.8 Å². The zero-order chi connectivity index (χ0) is 12.1. The van der Waals surface area contributed by atoms with E-state index in [4.69, 9.17) is 5.73 Å². The minimum atomic E-state index is -0.649. The van der Waals surface area contributed by atoms with E-state index in [1.165, 1.54) is 25.3 Å². The SMILES string of the molecule is COC(=O)c1cc(F)cc(C=CC(N)=O)c1. The van der Waals surface area contributed by atoms with Crippen molar-refractivity contribution >= 4 is 18.0 Å². The van der Waals surface area contributed by atoms with Crippen LogP contribution in [0.1, 0.15) is 15.9 Å². The molecule has 0 atom stereocenters. The second kappa shape index (κ2) is 5.06. The monoisotopic (exact) mass is 223 g/mol. The quantitative estimate of drug-likeness (QED) is 0.616. The molecule has 84 valence electrons. The van der Waals surface area contributed by atoms with Crippen molar-refractivity contribution in [1.82, 2.24) is 0 Å². The highest BCUT2D eigenvalue weighted by Gasteiger charge is 2.07. The van der Waals surface area contributed by atoms with Crippen molar-refractivity contribution < 1.29 is 18.7 Å². The lowest BCUT2D eigenvalue weighted by molar-refractivity contribution is -0.113. The van der Waals surface area contributed by atoms with Crippen molar-refractivity contribution in [2.24, 2.45) is 5.73 Å². The van der Waals surface area contributed by atoms with Gasteiger partial charge in [0.2, 0.25) is 5.91 Å². The van der Waals surface area contributed by atoms with Crippen LogP contribution in [0.2, 0.25) is 0 Å². The van der Waals surface area contributed by atoms with Crippen LogP contribution in [0.25, 0.3) is 6.08 Å². The summed E-state index contributed by atoms with van der Waals surface area (Å²) in [6.45, 7) is 0. The second-order valence-electron chi connectivity index (χ2n) is 3.00. The molecule has 4 nitrogen and oxygen atoms in total. The highest BCUT2D eigenvalue weighted by atomic mass is 19.1. The maximum absolute atomic E-state index is 13.1. The fourth-order valence-corrected chi connectivity index (χ4v) is 1.12. The Bertz CT molecular complexity index is 455. The van der Waals surface area contributed by atoms with Gasteiger partial charge in [0.15, 0.2) is 0 Å². The van der Waals surface area contributed by atoms with Crippen LogP contribution in [0.15, 0.2) is 24.3 Å². The zero-order valence-corrected chi connectivity index (χ0v) is 8.57. The molecular formula is C11H10FNO3.